The molecule has 1 atom stereocenters. The van der Waals surface area contributed by atoms with Gasteiger partial charge < -0.3 is 15.5 Å². The molecule has 1 aliphatic heterocycles. The molecule has 20 heavy (non-hydrogen) atoms. The number of hydrogen-bond donors (Lipinski definition) is 2. The van der Waals surface area contributed by atoms with Gasteiger partial charge in [0.2, 0.25) is 15.9 Å². The summed E-state index contributed by atoms with van der Waals surface area (Å²) in [5.41, 5.74) is 5.45. The van der Waals surface area contributed by atoms with E-state index in [-0.39, 0.29) is 17.6 Å². The van der Waals surface area contributed by atoms with E-state index in [0.29, 0.717) is 26.1 Å². The maximum absolute atomic E-state index is 11.8. The fraction of sp³-hybridized carbons (Fsp3) is 0.917. The highest BCUT2D eigenvalue weighted by Crippen LogP contribution is 2.19. The number of likely N-dealkylation sites (tertiary alicyclic amines) is 1. The Morgan fingerprint density at radius 3 is 2.60 bits per heavy atom. The third-order valence-corrected chi connectivity index (χ3v) is 4.41. The molecule has 0 aliphatic carbocycles. The van der Waals surface area contributed by atoms with Crippen molar-refractivity contribution in [1.29, 1.82) is 0 Å². The normalized spacial score (nSPS) is 20.1. The molecule has 0 spiro atoms. The Balaban J connectivity index is 2.26. The maximum Gasteiger partial charge on any atom is 0.222 e. The fourth-order valence-electron chi connectivity index (χ4n) is 2.51. The zero-order chi connectivity index (χ0) is 15.2. The largest absolute Gasteiger partial charge is 0.342 e. The van der Waals surface area contributed by atoms with Crippen molar-refractivity contribution in [2.24, 2.45) is 16.8 Å². The van der Waals surface area contributed by atoms with E-state index in [1.165, 1.54) is 0 Å². The van der Waals surface area contributed by atoms with Crippen LogP contribution in [-0.2, 0) is 14.8 Å². The summed E-state index contributed by atoms with van der Waals surface area (Å²) in [4.78, 5) is 15.7. The van der Waals surface area contributed by atoms with Gasteiger partial charge in [0.1, 0.15) is 0 Å². The Hall–Kier alpha value is -0.700. The standard InChI is InChI=1S/C12H26N4O3S/c1-15(5-2-4-13)6-3-7-16-9-11(8-12(16)17)10-20(14,18)19/h11H,2-10,13H2,1H3,(H2,14,18,19). The molecule has 4 N–H and O–H groups in total. The van der Waals surface area contributed by atoms with Crippen LogP contribution in [0.3, 0.4) is 0 Å². The molecular weight excluding hydrogens is 280 g/mol. The van der Waals surface area contributed by atoms with E-state index >= 15 is 0 Å². The van der Waals surface area contributed by atoms with Gasteiger partial charge in [-0.05, 0) is 39.5 Å². The minimum atomic E-state index is -3.50. The van der Waals surface area contributed by atoms with Crippen LogP contribution in [0.5, 0.6) is 0 Å². The molecule has 0 aromatic heterocycles. The van der Waals surface area contributed by atoms with Gasteiger partial charge in [-0.25, -0.2) is 13.6 Å². The molecule has 0 saturated carbocycles. The monoisotopic (exact) mass is 306 g/mol. The molecule has 0 aromatic rings. The van der Waals surface area contributed by atoms with Gasteiger partial charge >= 0.3 is 0 Å². The second kappa shape index (κ2) is 7.92. The van der Waals surface area contributed by atoms with Gasteiger partial charge in [-0.3, -0.25) is 4.79 Å². The molecule has 1 aliphatic rings. The first-order valence-electron chi connectivity index (χ1n) is 6.98. The van der Waals surface area contributed by atoms with Crippen molar-refractivity contribution >= 4 is 15.9 Å². The summed E-state index contributed by atoms with van der Waals surface area (Å²) in [5, 5.41) is 5.02. The molecule has 1 heterocycles. The summed E-state index contributed by atoms with van der Waals surface area (Å²) in [6, 6.07) is 0. The lowest BCUT2D eigenvalue weighted by molar-refractivity contribution is -0.127. The van der Waals surface area contributed by atoms with Crippen molar-refractivity contribution < 1.29 is 13.2 Å². The van der Waals surface area contributed by atoms with Crippen molar-refractivity contribution in [1.82, 2.24) is 9.80 Å². The minimum Gasteiger partial charge on any atom is -0.342 e. The molecule has 8 heteroatoms. The van der Waals surface area contributed by atoms with Crippen LogP contribution in [-0.4, -0.2) is 69.6 Å². The van der Waals surface area contributed by atoms with Crippen LogP contribution >= 0.6 is 0 Å². The number of nitrogens with zero attached hydrogens (tertiary/aromatic N) is 2. The lowest BCUT2D eigenvalue weighted by Crippen LogP contribution is -2.31. The zero-order valence-electron chi connectivity index (χ0n) is 12.1. The highest BCUT2D eigenvalue weighted by Gasteiger charge is 2.31. The van der Waals surface area contributed by atoms with Crippen molar-refractivity contribution in [2.75, 3.05) is 45.5 Å². The molecule has 0 aromatic carbocycles. The third-order valence-electron chi connectivity index (χ3n) is 3.47. The number of nitrogens with two attached hydrogens (primary N) is 2. The molecule has 1 rings (SSSR count). The van der Waals surface area contributed by atoms with Gasteiger partial charge in [0.15, 0.2) is 0 Å². The minimum absolute atomic E-state index is 0.0308. The lowest BCUT2D eigenvalue weighted by atomic mass is 10.1. The van der Waals surface area contributed by atoms with E-state index in [0.717, 1.165) is 25.9 Å². The Labute approximate surface area is 121 Å². The van der Waals surface area contributed by atoms with Crippen molar-refractivity contribution in [3.05, 3.63) is 0 Å². The van der Waals surface area contributed by atoms with E-state index in [9.17, 15) is 13.2 Å². The van der Waals surface area contributed by atoms with Crippen LogP contribution < -0.4 is 10.9 Å². The van der Waals surface area contributed by atoms with Gasteiger partial charge in [0, 0.05) is 25.4 Å². The molecule has 0 radical (unpaired) electrons. The van der Waals surface area contributed by atoms with Crippen molar-refractivity contribution in [2.45, 2.75) is 19.3 Å². The molecule has 0 bridgehead atoms. The fourth-order valence-corrected chi connectivity index (χ4v) is 3.40. The molecule has 1 saturated heterocycles. The van der Waals surface area contributed by atoms with Gasteiger partial charge in [0.25, 0.3) is 0 Å². The quantitative estimate of drug-likeness (QED) is 0.556. The van der Waals surface area contributed by atoms with E-state index in [1.807, 2.05) is 7.05 Å². The molecule has 118 valence electrons. The van der Waals surface area contributed by atoms with Crippen LogP contribution in [0, 0.1) is 5.92 Å². The zero-order valence-corrected chi connectivity index (χ0v) is 12.9. The molecule has 7 nitrogen and oxygen atoms in total. The number of sulfonamides is 1. The Bertz CT molecular complexity index is 413. The molecular formula is C12H26N4O3S. The topological polar surface area (TPSA) is 110 Å². The molecule has 1 fully saturated rings. The van der Waals surface area contributed by atoms with E-state index in [4.69, 9.17) is 10.9 Å². The second-order valence-corrected chi connectivity index (χ2v) is 7.20. The van der Waals surface area contributed by atoms with E-state index in [1.54, 1.807) is 4.90 Å². The number of carbonyl (C=O) groups is 1. The number of carbonyl (C=O) groups excluding carboxylic acids is 1. The SMILES string of the molecule is CN(CCCN)CCCN1CC(CS(N)(=O)=O)CC1=O. The van der Waals surface area contributed by atoms with Crippen LogP contribution in [0.1, 0.15) is 19.3 Å². The lowest BCUT2D eigenvalue weighted by Gasteiger charge is -2.20. The third kappa shape index (κ3) is 6.65. The average molecular weight is 306 g/mol. The number of rotatable bonds is 9. The summed E-state index contributed by atoms with van der Waals surface area (Å²) in [6.07, 6.45) is 2.14. The summed E-state index contributed by atoms with van der Waals surface area (Å²) in [5.74, 6) is -0.234. The van der Waals surface area contributed by atoms with Gasteiger partial charge in [0.05, 0.1) is 5.75 Å². The molecule has 1 amide bonds. The van der Waals surface area contributed by atoms with Crippen LogP contribution in [0.15, 0.2) is 0 Å². The first-order chi connectivity index (χ1) is 9.31. The van der Waals surface area contributed by atoms with Crippen molar-refractivity contribution in [3.8, 4) is 0 Å². The number of amides is 1. The summed E-state index contributed by atoms with van der Waals surface area (Å²) >= 11 is 0. The summed E-state index contributed by atoms with van der Waals surface area (Å²) in [7, 11) is -1.46. The number of hydrogen-bond acceptors (Lipinski definition) is 5. The van der Waals surface area contributed by atoms with Crippen LogP contribution in [0.25, 0.3) is 0 Å². The highest BCUT2D eigenvalue weighted by atomic mass is 32.2. The van der Waals surface area contributed by atoms with E-state index < -0.39 is 10.0 Å². The van der Waals surface area contributed by atoms with Crippen LogP contribution in [0.2, 0.25) is 0 Å². The first-order valence-corrected chi connectivity index (χ1v) is 8.70. The Morgan fingerprint density at radius 1 is 1.35 bits per heavy atom. The average Bonchev–Trinajstić information content (AvgIpc) is 2.64. The maximum atomic E-state index is 11.8. The Kier molecular flexibility index (Phi) is 6.87. The highest BCUT2D eigenvalue weighted by molar-refractivity contribution is 7.89. The van der Waals surface area contributed by atoms with Gasteiger partial charge in [-0.2, -0.15) is 0 Å². The summed E-state index contributed by atoms with van der Waals surface area (Å²) in [6.45, 7) is 3.72. The number of primary sulfonamides is 1. The first kappa shape index (κ1) is 17.4. The summed E-state index contributed by atoms with van der Waals surface area (Å²) < 4.78 is 22.1. The van der Waals surface area contributed by atoms with Gasteiger partial charge in [-0.1, -0.05) is 0 Å². The smallest absolute Gasteiger partial charge is 0.222 e. The van der Waals surface area contributed by atoms with Gasteiger partial charge in [-0.15, -0.1) is 0 Å². The van der Waals surface area contributed by atoms with Crippen molar-refractivity contribution in [3.63, 3.8) is 0 Å². The predicted octanol–water partition coefficient (Wildman–Crippen LogP) is -1.21. The van der Waals surface area contributed by atoms with E-state index in [2.05, 4.69) is 4.90 Å². The second-order valence-electron chi connectivity index (χ2n) is 5.54. The molecule has 1 unspecified atom stereocenters. The Morgan fingerprint density at radius 2 is 2.00 bits per heavy atom. The van der Waals surface area contributed by atoms with Crippen LogP contribution in [0.4, 0.5) is 0 Å². The predicted molar refractivity (Wildman–Crippen MR) is 78.4 cm³/mol.